The molecule has 29 heteroatoms. The fraction of sp³-hybridized carbons (Fsp3) is 0.741. The lowest BCUT2D eigenvalue weighted by Crippen LogP contribution is -2.62. The van der Waals surface area contributed by atoms with Crippen LogP contribution in [0.2, 0.25) is 0 Å². The molecular weight excluding hydrogens is 1140 g/mol. The van der Waals surface area contributed by atoms with Gasteiger partial charge in [-0.15, -0.1) is 0 Å². The number of aliphatic hydroxyl groups excluding tert-OH is 3. The Hall–Kier alpha value is -7.11. The van der Waals surface area contributed by atoms with Gasteiger partial charge in [0, 0.05) is 40.0 Å². The molecule has 0 spiro atoms. The zero-order chi connectivity index (χ0) is 65.8. The molecule has 0 aromatic rings. The number of carbonyl (C=O) groups excluding carboxylic acids is 13. The van der Waals surface area contributed by atoms with E-state index in [0.29, 0.717) is 25.7 Å². The first-order valence-electron chi connectivity index (χ1n) is 30.2. The molecule has 2 heterocycles. The highest BCUT2D eigenvalue weighted by Gasteiger charge is 2.44. The minimum atomic E-state index is -2.04. The maximum atomic E-state index is 14.7. The van der Waals surface area contributed by atoms with E-state index in [9.17, 15) is 77.6 Å². The number of fused-ring (bicyclic) bond motifs is 1. The summed E-state index contributed by atoms with van der Waals surface area (Å²) in [6, 6.07) is -12.9. The van der Waals surface area contributed by atoms with Gasteiger partial charge < -0.3 is 83.9 Å². The fourth-order valence-electron chi connectivity index (χ4n) is 10.1. The van der Waals surface area contributed by atoms with Gasteiger partial charge in [-0.25, -0.2) is 0 Å². The SMILES string of the molecule is CC=C1NC(=O)C(C(C)C)NC(=O)C(O)C(C(C)CCCCCCCCCC(=O)CCCC)NC(=O)C2CCCN2C(=O)C(CC(N)=O)N(C)C(=O)C(C(C)OC)NC(=O)CNC(=O)C(CCC(N)=O)NC(=O)C(C(C)O)NC(=O)C(C(C)O)NC1=O. The molecule has 2 aliphatic rings. The third-order valence-corrected chi connectivity index (χ3v) is 15.6. The van der Waals surface area contributed by atoms with E-state index in [1.165, 1.54) is 21.0 Å². The van der Waals surface area contributed by atoms with Gasteiger partial charge in [0.05, 0.1) is 37.3 Å². The lowest BCUT2D eigenvalue weighted by atomic mass is 9.90. The van der Waals surface area contributed by atoms with Gasteiger partial charge in [0.2, 0.25) is 59.1 Å². The molecule has 13 atom stereocenters. The number of amides is 12. The number of ketones is 1. The Balaban J connectivity index is 2.73. The molecule has 492 valence electrons. The zero-order valence-corrected chi connectivity index (χ0v) is 52.2. The number of nitrogens with two attached hydrogens (primary N) is 2. The van der Waals surface area contributed by atoms with Crippen molar-refractivity contribution in [1.82, 2.24) is 52.3 Å². The third kappa shape index (κ3) is 24.9. The Kier molecular flexibility index (Phi) is 33.4. The summed E-state index contributed by atoms with van der Waals surface area (Å²) < 4.78 is 5.41. The predicted octanol–water partition coefficient (Wildman–Crippen LogP) is -2.28. The smallest absolute Gasteiger partial charge is 0.268 e. The van der Waals surface area contributed by atoms with Gasteiger partial charge in [-0.3, -0.25) is 62.3 Å². The van der Waals surface area contributed by atoms with E-state index in [1.54, 1.807) is 20.8 Å². The molecule has 2 aliphatic heterocycles. The zero-order valence-electron chi connectivity index (χ0n) is 52.2. The van der Waals surface area contributed by atoms with E-state index in [1.807, 2.05) is 6.92 Å². The van der Waals surface area contributed by atoms with Crippen molar-refractivity contribution in [1.29, 1.82) is 0 Å². The topological polar surface area (TPSA) is 447 Å². The number of unbranched alkanes of at least 4 members (excludes halogenated alkanes) is 7. The predicted molar refractivity (Wildman–Crippen MR) is 316 cm³/mol. The molecule has 0 aromatic heterocycles. The average Bonchev–Trinajstić information content (AvgIpc) is 2.29. The van der Waals surface area contributed by atoms with Gasteiger partial charge in [-0.2, -0.15) is 0 Å². The van der Waals surface area contributed by atoms with Gasteiger partial charge in [-0.05, 0) is 78.1 Å². The van der Waals surface area contributed by atoms with Crippen LogP contribution in [0.5, 0.6) is 0 Å². The molecule has 13 unspecified atom stereocenters. The summed E-state index contributed by atoms with van der Waals surface area (Å²) in [7, 11) is 2.37. The van der Waals surface area contributed by atoms with Crippen LogP contribution in [0.4, 0.5) is 0 Å². The number of nitrogens with zero attached hydrogens (tertiary/aromatic N) is 2. The highest BCUT2D eigenvalue weighted by molar-refractivity contribution is 6.03. The van der Waals surface area contributed by atoms with Crippen molar-refractivity contribution in [2.45, 2.75) is 237 Å². The van der Waals surface area contributed by atoms with E-state index in [2.05, 4.69) is 42.5 Å². The minimum absolute atomic E-state index is 0.0502. The van der Waals surface area contributed by atoms with Gasteiger partial charge >= 0.3 is 0 Å². The van der Waals surface area contributed by atoms with Crippen LogP contribution < -0.4 is 54.0 Å². The Morgan fingerprint density at radius 3 is 1.80 bits per heavy atom. The summed E-state index contributed by atoms with van der Waals surface area (Å²) in [5.74, 6) is -13.5. The standard InChI is InChI=1S/C58H98N12O17/c1-11-13-23-36(73)24-20-18-16-14-15-17-19-22-32(5)45-49(77)56(84)65-44(31(3)4)53(81)62-37(12-2)51(79)67-47(34(7)72)55(83)68-46(33(6)71)54(82)63-38(26-27-41(59)74)50(78)61-30-43(76)64-48(35(8)87-10)58(86)69(9)40(29-42(60)75)57(85)70-28-21-25-39(70)52(80)66-45/h12,31-35,38-40,44-49,71-72,77H,11,13-30H2,1-10H3,(H2,59,74)(H2,60,75)(H,61,78)(H,62,81)(H,63,82)(H,64,76)(H,65,84)(H,66,80)(H,67,79)(H,68,83). The number of methoxy groups -OCH3 is 1. The molecular formula is C58H98N12O17. The summed E-state index contributed by atoms with van der Waals surface area (Å²) in [6.45, 7) is 10.9. The molecule has 0 aromatic carbocycles. The number of aliphatic hydroxyl groups is 3. The highest BCUT2D eigenvalue weighted by Crippen LogP contribution is 2.25. The second-order valence-electron chi connectivity index (χ2n) is 23.0. The Morgan fingerprint density at radius 1 is 0.667 bits per heavy atom. The van der Waals surface area contributed by atoms with Crippen molar-refractivity contribution < 1.29 is 82.4 Å². The van der Waals surface area contributed by atoms with Crippen molar-refractivity contribution in [2.24, 2.45) is 23.3 Å². The molecule has 0 bridgehead atoms. The second kappa shape index (κ2) is 38.2. The first-order chi connectivity index (χ1) is 40.9. The van der Waals surface area contributed by atoms with E-state index < -0.39 is 187 Å². The van der Waals surface area contributed by atoms with Crippen molar-refractivity contribution in [3.8, 4) is 0 Å². The number of rotatable bonds is 24. The highest BCUT2D eigenvalue weighted by atomic mass is 16.5. The molecule has 29 nitrogen and oxygen atoms in total. The van der Waals surface area contributed by atoms with E-state index in [4.69, 9.17) is 16.2 Å². The van der Waals surface area contributed by atoms with Crippen LogP contribution >= 0.6 is 0 Å². The van der Waals surface area contributed by atoms with Crippen LogP contribution in [-0.2, 0) is 67.1 Å². The monoisotopic (exact) mass is 1230 g/mol. The summed E-state index contributed by atoms with van der Waals surface area (Å²) in [5, 5.41) is 52.6. The number of hydrogen-bond acceptors (Lipinski definition) is 17. The fourth-order valence-corrected chi connectivity index (χ4v) is 10.1. The van der Waals surface area contributed by atoms with Gasteiger partial charge in [0.15, 0.2) is 6.10 Å². The Labute approximate surface area is 509 Å². The quantitative estimate of drug-likeness (QED) is 0.0358. The molecule has 12 amide bonds. The van der Waals surface area contributed by atoms with Crippen molar-refractivity contribution >= 4 is 76.7 Å². The number of carbonyl (C=O) groups is 13. The number of likely N-dealkylation sites (N-methyl/N-ethyl adjacent to an activating group) is 1. The average molecular weight is 1240 g/mol. The third-order valence-electron chi connectivity index (χ3n) is 15.6. The molecule has 2 saturated heterocycles. The maximum Gasteiger partial charge on any atom is 0.268 e. The van der Waals surface area contributed by atoms with Crippen molar-refractivity contribution in [3.63, 3.8) is 0 Å². The van der Waals surface area contributed by atoms with E-state index in [0.717, 1.165) is 88.1 Å². The van der Waals surface area contributed by atoms with Crippen LogP contribution in [0, 0.1) is 11.8 Å². The van der Waals surface area contributed by atoms with Crippen LogP contribution in [0.15, 0.2) is 11.8 Å². The van der Waals surface area contributed by atoms with Crippen LogP contribution in [0.3, 0.4) is 0 Å². The van der Waals surface area contributed by atoms with Gasteiger partial charge in [0.1, 0.15) is 53.8 Å². The molecule has 2 rings (SSSR count). The lowest BCUT2D eigenvalue weighted by molar-refractivity contribution is -0.151. The number of primary amides is 2. The molecule has 0 saturated carbocycles. The number of allylic oxidation sites excluding steroid dienone is 1. The summed E-state index contributed by atoms with van der Waals surface area (Å²) >= 11 is 0. The Morgan fingerprint density at radius 2 is 1.24 bits per heavy atom. The lowest BCUT2D eigenvalue weighted by Gasteiger charge is -2.36. The molecule has 0 radical (unpaired) electrons. The largest absolute Gasteiger partial charge is 0.391 e. The summed E-state index contributed by atoms with van der Waals surface area (Å²) in [5.41, 5.74) is 10.5. The first-order valence-corrected chi connectivity index (χ1v) is 30.2. The van der Waals surface area contributed by atoms with Crippen molar-refractivity contribution in [3.05, 3.63) is 11.8 Å². The van der Waals surface area contributed by atoms with E-state index >= 15 is 0 Å². The number of hydrogen-bond donors (Lipinski definition) is 13. The normalized spacial score (nSPS) is 26.1. The van der Waals surface area contributed by atoms with Crippen molar-refractivity contribution in [2.75, 3.05) is 27.2 Å². The summed E-state index contributed by atoms with van der Waals surface area (Å²) in [4.78, 5) is 179. The van der Waals surface area contributed by atoms with Crippen LogP contribution in [0.25, 0.3) is 0 Å². The number of Topliss-reactive ketones (excluding diaryl/α,β-unsaturated/α-hetero) is 1. The summed E-state index contributed by atoms with van der Waals surface area (Å²) in [6.07, 6.45) is 2.26. The molecule has 87 heavy (non-hydrogen) atoms. The maximum absolute atomic E-state index is 14.7. The van der Waals surface area contributed by atoms with Crippen LogP contribution in [-0.4, -0.2) is 202 Å². The number of nitrogens with one attached hydrogen (secondary N) is 8. The first kappa shape index (κ1) is 76.0. The van der Waals surface area contributed by atoms with Gasteiger partial charge in [0.25, 0.3) is 11.8 Å². The number of ether oxygens (including phenoxy) is 1. The molecule has 0 aliphatic carbocycles. The molecule has 2 fully saturated rings. The second-order valence-corrected chi connectivity index (χ2v) is 23.0. The van der Waals surface area contributed by atoms with Crippen LogP contribution in [0.1, 0.15) is 165 Å². The molecule has 15 N–H and O–H groups in total. The van der Waals surface area contributed by atoms with Gasteiger partial charge in [-0.1, -0.05) is 78.7 Å². The van der Waals surface area contributed by atoms with E-state index in [-0.39, 0.29) is 25.2 Å². The minimum Gasteiger partial charge on any atom is -0.391 e. The Bertz CT molecular complexity index is 2420.